The molecule has 0 saturated heterocycles. The van der Waals surface area contributed by atoms with Crippen molar-refractivity contribution in [2.45, 2.75) is 32.5 Å². The van der Waals surface area contributed by atoms with Gasteiger partial charge in [-0.1, -0.05) is 30.3 Å². The first-order valence-corrected chi connectivity index (χ1v) is 6.62. The van der Waals surface area contributed by atoms with Gasteiger partial charge in [0.1, 0.15) is 6.04 Å². The number of carboxylic acid groups (broad SMARTS) is 1. The lowest BCUT2D eigenvalue weighted by Crippen LogP contribution is -2.27. The van der Waals surface area contributed by atoms with Gasteiger partial charge in [-0.3, -0.25) is 14.8 Å². The van der Waals surface area contributed by atoms with Gasteiger partial charge in [0.05, 0.1) is 6.20 Å². The minimum Gasteiger partial charge on any atom is -0.480 e. The molecule has 0 amide bonds. The van der Waals surface area contributed by atoms with Crippen LogP contribution in [0.5, 0.6) is 0 Å². The predicted molar refractivity (Wildman–Crippen MR) is 76.3 cm³/mol. The van der Waals surface area contributed by atoms with E-state index in [1.54, 1.807) is 6.20 Å². The smallest absolute Gasteiger partial charge is 0.325 e. The largest absolute Gasteiger partial charge is 0.480 e. The van der Waals surface area contributed by atoms with Crippen LogP contribution in [0.4, 0.5) is 0 Å². The zero-order valence-electron chi connectivity index (χ0n) is 11.7. The highest BCUT2D eigenvalue weighted by molar-refractivity contribution is 5.75. The number of hydrogen-bond acceptors (Lipinski definition) is 3. The van der Waals surface area contributed by atoms with Crippen molar-refractivity contribution in [3.05, 3.63) is 53.9 Å². The lowest BCUT2D eigenvalue weighted by molar-refractivity contribution is -0.139. The van der Waals surface area contributed by atoms with E-state index < -0.39 is 12.0 Å². The normalized spacial score (nSPS) is 12.6. The average molecular weight is 273 g/mol. The summed E-state index contributed by atoms with van der Waals surface area (Å²) in [6.07, 6.45) is 3.69. The van der Waals surface area contributed by atoms with E-state index in [1.807, 2.05) is 55.1 Å². The molecule has 5 heteroatoms. The van der Waals surface area contributed by atoms with E-state index in [0.717, 1.165) is 11.1 Å². The van der Waals surface area contributed by atoms with Crippen LogP contribution in [0.3, 0.4) is 0 Å². The van der Waals surface area contributed by atoms with E-state index in [2.05, 4.69) is 10.4 Å². The molecule has 20 heavy (non-hydrogen) atoms. The Kier molecular flexibility index (Phi) is 4.53. The highest BCUT2D eigenvalue weighted by atomic mass is 16.4. The van der Waals surface area contributed by atoms with Crippen molar-refractivity contribution < 1.29 is 9.90 Å². The minimum absolute atomic E-state index is 0.299. The molecule has 0 bridgehead atoms. The molecular formula is C15H19N3O2. The lowest BCUT2D eigenvalue weighted by Gasteiger charge is -2.14. The van der Waals surface area contributed by atoms with E-state index in [-0.39, 0.29) is 0 Å². The summed E-state index contributed by atoms with van der Waals surface area (Å²) >= 11 is 0. The monoisotopic (exact) mass is 273 g/mol. The van der Waals surface area contributed by atoms with Crippen molar-refractivity contribution in [2.24, 2.45) is 0 Å². The number of hydrogen-bond donors (Lipinski definition) is 2. The molecule has 1 aromatic carbocycles. The molecule has 1 aromatic heterocycles. The van der Waals surface area contributed by atoms with Gasteiger partial charge in [0.15, 0.2) is 0 Å². The van der Waals surface area contributed by atoms with E-state index in [9.17, 15) is 9.90 Å². The molecule has 0 aliphatic carbocycles. The number of nitrogens with one attached hydrogen (secondary N) is 1. The number of benzene rings is 1. The van der Waals surface area contributed by atoms with E-state index in [4.69, 9.17) is 0 Å². The first kappa shape index (κ1) is 14.3. The fraction of sp³-hybridized carbons (Fsp3) is 0.333. The van der Waals surface area contributed by atoms with Crippen molar-refractivity contribution >= 4 is 5.97 Å². The molecule has 0 unspecified atom stereocenters. The lowest BCUT2D eigenvalue weighted by atomic mass is 10.1. The van der Waals surface area contributed by atoms with Crippen molar-refractivity contribution in [3.63, 3.8) is 0 Å². The van der Waals surface area contributed by atoms with Crippen LogP contribution in [-0.4, -0.2) is 20.9 Å². The van der Waals surface area contributed by atoms with Gasteiger partial charge < -0.3 is 5.11 Å². The maximum absolute atomic E-state index is 11.4. The van der Waals surface area contributed by atoms with Crippen LogP contribution in [0.15, 0.2) is 42.7 Å². The molecule has 2 rings (SSSR count). The number of rotatable bonds is 6. The van der Waals surface area contributed by atoms with Crippen LogP contribution in [-0.2, 0) is 11.3 Å². The molecule has 2 aromatic rings. The summed E-state index contributed by atoms with van der Waals surface area (Å²) in [5, 5.41) is 16.6. The van der Waals surface area contributed by atoms with Gasteiger partial charge in [-0.25, -0.2) is 0 Å². The SMILES string of the molecule is CC(C)n1cc(CN[C@@H](C(=O)O)c2ccccc2)cn1. The molecule has 0 aliphatic rings. The van der Waals surface area contributed by atoms with Crippen LogP contribution in [0.1, 0.15) is 37.1 Å². The summed E-state index contributed by atoms with van der Waals surface area (Å²) in [6.45, 7) is 4.57. The molecule has 0 saturated carbocycles. The fourth-order valence-corrected chi connectivity index (χ4v) is 1.96. The summed E-state index contributed by atoms with van der Waals surface area (Å²) < 4.78 is 1.86. The molecule has 1 atom stereocenters. The molecule has 0 spiro atoms. The Morgan fingerprint density at radius 1 is 1.35 bits per heavy atom. The second kappa shape index (κ2) is 6.34. The van der Waals surface area contributed by atoms with Crippen LogP contribution in [0, 0.1) is 0 Å². The van der Waals surface area contributed by atoms with Gasteiger partial charge in [-0.05, 0) is 19.4 Å². The quantitative estimate of drug-likeness (QED) is 0.848. The molecule has 0 aliphatic heterocycles. The molecule has 0 radical (unpaired) electrons. The topological polar surface area (TPSA) is 67.2 Å². The Balaban J connectivity index is 2.04. The summed E-state index contributed by atoms with van der Waals surface area (Å²) in [5.74, 6) is -0.882. The summed E-state index contributed by atoms with van der Waals surface area (Å²) in [6, 6.07) is 8.75. The Bertz CT molecular complexity index is 564. The van der Waals surface area contributed by atoms with Crippen molar-refractivity contribution in [1.82, 2.24) is 15.1 Å². The van der Waals surface area contributed by atoms with E-state index in [0.29, 0.717) is 12.6 Å². The maximum Gasteiger partial charge on any atom is 0.325 e. The van der Waals surface area contributed by atoms with Gasteiger partial charge in [-0.2, -0.15) is 5.10 Å². The third-order valence-electron chi connectivity index (χ3n) is 3.07. The van der Waals surface area contributed by atoms with Gasteiger partial charge in [0.25, 0.3) is 0 Å². The van der Waals surface area contributed by atoms with Crippen LogP contribution < -0.4 is 5.32 Å². The standard InChI is InChI=1S/C15H19N3O2/c1-11(2)18-10-12(9-17-18)8-16-14(15(19)20)13-6-4-3-5-7-13/h3-7,9-11,14,16H,8H2,1-2H3,(H,19,20)/t14-/m1/s1. The zero-order chi connectivity index (χ0) is 14.5. The summed E-state index contributed by atoms with van der Waals surface area (Å²) in [4.78, 5) is 11.4. The third-order valence-corrected chi connectivity index (χ3v) is 3.07. The Morgan fingerprint density at radius 2 is 2.05 bits per heavy atom. The number of carbonyl (C=O) groups is 1. The number of nitrogens with zero attached hydrogens (tertiary/aromatic N) is 2. The van der Waals surface area contributed by atoms with Gasteiger partial charge >= 0.3 is 5.97 Å². The van der Waals surface area contributed by atoms with Crippen molar-refractivity contribution in [3.8, 4) is 0 Å². The van der Waals surface area contributed by atoms with Crippen molar-refractivity contribution in [2.75, 3.05) is 0 Å². The third kappa shape index (κ3) is 3.45. The second-order valence-corrected chi connectivity index (χ2v) is 4.99. The summed E-state index contributed by atoms with van der Waals surface area (Å²) in [5.41, 5.74) is 1.72. The highest BCUT2D eigenvalue weighted by Crippen LogP contribution is 2.14. The molecule has 2 N–H and O–H groups in total. The van der Waals surface area contributed by atoms with E-state index >= 15 is 0 Å². The first-order chi connectivity index (χ1) is 9.58. The fourth-order valence-electron chi connectivity index (χ4n) is 1.96. The molecule has 1 heterocycles. The van der Waals surface area contributed by atoms with E-state index in [1.165, 1.54) is 0 Å². The highest BCUT2D eigenvalue weighted by Gasteiger charge is 2.18. The molecule has 5 nitrogen and oxygen atoms in total. The van der Waals surface area contributed by atoms with Crippen LogP contribution in [0.25, 0.3) is 0 Å². The van der Waals surface area contributed by atoms with Gasteiger partial charge in [0.2, 0.25) is 0 Å². The number of aromatic nitrogens is 2. The van der Waals surface area contributed by atoms with Gasteiger partial charge in [0, 0.05) is 24.3 Å². The Morgan fingerprint density at radius 3 is 2.60 bits per heavy atom. The molecule has 0 fully saturated rings. The molecular weight excluding hydrogens is 254 g/mol. The Hall–Kier alpha value is -2.14. The first-order valence-electron chi connectivity index (χ1n) is 6.62. The summed E-state index contributed by atoms with van der Waals surface area (Å²) in [7, 11) is 0. The minimum atomic E-state index is -0.882. The maximum atomic E-state index is 11.4. The number of aliphatic carboxylic acids is 1. The van der Waals surface area contributed by atoms with Crippen molar-refractivity contribution in [1.29, 1.82) is 0 Å². The van der Waals surface area contributed by atoms with Gasteiger partial charge in [-0.15, -0.1) is 0 Å². The number of carboxylic acids is 1. The molecule has 106 valence electrons. The predicted octanol–water partition coefficient (Wildman–Crippen LogP) is 2.38. The Labute approximate surface area is 118 Å². The zero-order valence-corrected chi connectivity index (χ0v) is 11.7. The van der Waals surface area contributed by atoms with Crippen LogP contribution in [0.2, 0.25) is 0 Å². The second-order valence-electron chi connectivity index (χ2n) is 4.99. The average Bonchev–Trinajstić information content (AvgIpc) is 2.89. The van der Waals surface area contributed by atoms with Crippen LogP contribution >= 0.6 is 0 Å².